The molecular formula is C15H14FN3O. The van der Waals surface area contributed by atoms with Gasteiger partial charge in [-0.2, -0.15) is 0 Å². The summed E-state index contributed by atoms with van der Waals surface area (Å²) in [6.07, 6.45) is 0. The van der Waals surface area contributed by atoms with E-state index in [0.29, 0.717) is 11.1 Å². The highest BCUT2D eigenvalue weighted by Gasteiger charge is 2.12. The molecule has 0 saturated heterocycles. The van der Waals surface area contributed by atoms with E-state index in [0.717, 1.165) is 16.6 Å². The number of hydrogen-bond donors (Lipinski definition) is 3. The third-order valence-corrected chi connectivity index (χ3v) is 3.32. The van der Waals surface area contributed by atoms with Crippen LogP contribution in [-0.2, 0) is 0 Å². The molecule has 0 aliphatic carbocycles. The van der Waals surface area contributed by atoms with Crippen LogP contribution >= 0.6 is 0 Å². The van der Waals surface area contributed by atoms with Gasteiger partial charge in [0.05, 0.1) is 17.1 Å². The van der Waals surface area contributed by atoms with Crippen LogP contribution in [0, 0.1) is 12.7 Å². The Morgan fingerprint density at radius 2 is 1.80 bits per heavy atom. The normalized spacial score (nSPS) is 12.8. The lowest BCUT2D eigenvalue weighted by molar-refractivity contribution is 0.622. The van der Waals surface area contributed by atoms with E-state index < -0.39 is 6.04 Å². The molecular weight excluding hydrogens is 257 g/mol. The highest BCUT2D eigenvalue weighted by atomic mass is 19.1. The van der Waals surface area contributed by atoms with Crippen molar-refractivity contribution >= 4 is 11.0 Å². The molecule has 0 fully saturated rings. The molecule has 2 aromatic carbocycles. The Morgan fingerprint density at radius 3 is 2.55 bits per heavy atom. The maximum absolute atomic E-state index is 13.5. The first-order valence-electron chi connectivity index (χ1n) is 6.27. The van der Waals surface area contributed by atoms with E-state index in [1.807, 2.05) is 19.1 Å². The van der Waals surface area contributed by atoms with Gasteiger partial charge in [-0.25, -0.2) is 9.18 Å². The van der Waals surface area contributed by atoms with Crippen LogP contribution in [0.2, 0.25) is 0 Å². The second-order valence-electron chi connectivity index (χ2n) is 4.92. The van der Waals surface area contributed by atoms with E-state index in [2.05, 4.69) is 9.97 Å². The minimum atomic E-state index is -0.438. The Labute approximate surface area is 114 Å². The zero-order chi connectivity index (χ0) is 14.3. The van der Waals surface area contributed by atoms with Crippen molar-refractivity contribution < 1.29 is 4.39 Å². The Balaban J connectivity index is 2.06. The largest absolute Gasteiger partial charge is 0.323 e. The van der Waals surface area contributed by atoms with Gasteiger partial charge in [-0.3, -0.25) is 0 Å². The summed E-state index contributed by atoms with van der Waals surface area (Å²) in [4.78, 5) is 16.6. The molecule has 4 N–H and O–H groups in total. The molecule has 0 bridgehead atoms. The summed E-state index contributed by atoms with van der Waals surface area (Å²) in [5.41, 5.74) is 9.69. The first-order valence-corrected chi connectivity index (χ1v) is 6.27. The summed E-state index contributed by atoms with van der Waals surface area (Å²) >= 11 is 0. The molecule has 3 aromatic rings. The van der Waals surface area contributed by atoms with E-state index in [-0.39, 0.29) is 11.5 Å². The number of nitrogens with one attached hydrogen (secondary N) is 2. The molecule has 3 rings (SSSR count). The van der Waals surface area contributed by atoms with E-state index in [4.69, 9.17) is 5.73 Å². The SMILES string of the molecule is Cc1cc(F)cc(C(N)c2ccc3[nH]c(=O)[nH]c3c2)c1. The van der Waals surface area contributed by atoms with E-state index in [9.17, 15) is 9.18 Å². The predicted molar refractivity (Wildman–Crippen MR) is 76.1 cm³/mol. The van der Waals surface area contributed by atoms with Crippen molar-refractivity contribution in [1.82, 2.24) is 9.97 Å². The molecule has 0 amide bonds. The Morgan fingerprint density at radius 1 is 1.05 bits per heavy atom. The number of fused-ring (bicyclic) bond motifs is 1. The monoisotopic (exact) mass is 271 g/mol. The van der Waals surface area contributed by atoms with Crippen LogP contribution < -0.4 is 11.4 Å². The van der Waals surface area contributed by atoms with Gasteiger partial charge in [0, 0.05) is 0 Å². The topological polar surface area (TPSA) is 74.7 Å². The number of aromatic amines is 2. The van der Waals surface area contributed by atoms with Crippen molar-refractivity contribution in [3.63, 3.8) is 0 Å². The molecule has 0 aliphatic rings. The average Bonchev–Trinajstić information content (AvgIpc) is 2.75. The number of aryl methyl sites for hydroxylation is 1. The van der Waals surface area contributed by atoms with Crippen LogP contribution in [0.25, 0.3) is 11.0 Å². The third kappa shape index (κ3) is 2.23. The van der Waals surface area contributed by atoms with Crippen molar-refractivity contribution in [2.45, 2.75) is 13.0 Å². The Hall–Kier alpha value is -2.40. The number of rotatable bonds is 2. The Bertz CT molecular complexity index is 814. The second kappa shape index (κ2) is 4.61. The van der Waals surface area contributed by atoms with Crippen LogP contribution in [0.4, 0.5) is 4.39 Å². The quantitative estimate of drug-likeness (QED) is 0.669. The molecule has 0 saturated carbocycles. The number of benzene rings is 2. The lowest BCUT2D eigenvalue weighted by Crippen LogP contribution is -2.12. The van der Waals surface area contributed by atoms with Crippen LogP contribution in [0.5, 0.6) is 0 Å². The van der Waals surface area contributed by atoms with Crippen molar-refractivity contribution in [2.75, 3.05) is 0 Å². The number of hydrogen-bond acceptors (Lipinski definition) is 2. The van der Waals surface area contributed by atoms with E-state index >= 15 is 0 Å². The lowest BCUT2D eigenvalue weighted by atomic mass is 9.98. The van der Waals surface area contributed by atoms with Crippen LogP contribution in [0.1, 0.15) is 22.7 Å². The van der Waals surface area contributed by atoms with Gasteiger partial charge >= 0.3 is 5.69 Å². The summed E-state index contributed by atoms with van der Waals surface area (Å²) in [7, 11) is 0. The van der Waals surface area contributed by atoms with Gasteiger partial charge in [0.15, 0.2) is 0 Å². The molecule has 20 heavy (non-hydrogen) atoms. The fraction of sp³-hybridized carbons (Fsp3) is 0.133. The maximum atomic E-state index is 13.5. The van der Waals surface area contributed by atoms with Gasteiger partial charge < -0.3 is 15.7 Å². The average molecular weight is 271 g/mol. The van der Waals surface area contributed by atoms with Gasteiger partial charge in [-0.05, 0) is 47.9 Å². The minimum Gasteiger partial charge on any atom is -0.320 e. The second-order valence-corrected chi connectivity index (χ2v) is 4.92. The standard InChI is InChI=1S/C15H14FN3O/c1-8-4-10(6-11(16)5-8)14(17)9-2-3-12-13(7-9)19-15(20)18-12/h2-7,14H,17H2,1H3,(H2,18,19,20). The predicted octanol–water partition coefficient (Wildman–Crippen LogP) is 2.35. The fourth-order valence-electron chi connectivity index (χ4n) is 2.38. The molecule has 5 heteroatoms. The van der Waals surface area contributed by atoms with Crippen LogP contribution in [0.3, 0.4) is 0 Å². The van der Waals surface area contributed by atoms with Crippen LogP contribution in [-0.4, -0.2) is 9.97 Å². The van der Waals surface area contributed by atoms with Gasteiger partial charge in [0.1, 0.15) is 5.82 Å². The molecule has 1 unspecified atom stereocenters. The highest BCUT2D eigenvalue weighted by Crippen LogP contribution is 2.23. The van der Waals surface area contributed by atoms with E-state index in [1.54, 1.807) is 12.1 Å². The van der Waals surface area contributed by atoms with Crippen molar-refractivity contribution in [3.8, 4) is 0 Å². The number of nitrogens with two attached hydrogens (primary N) is 1. The molecule has 4 nitrogen and oxygen atoms in total. The zero-order valence-electron chi connectivity index (χ0n) is 10.9. The molecule has 0 aliphatic heterocycles. The van der Waals surface area contributed by atoms with Crippen LogP contribution in [0.15, 0.2) is 41.2 Å². The van der Waals surface area contributed by atoms with Crippen molar-refractivity contribution in [2.24, 2.45) is 5.73 Å². The number of halogens is 1. The summed E-state index contributed by atoms with van der Waals surface area (Å²) in [5.74, 6) is -0.299. The molecule has 1 heterocycles. The molecule has 102 valence electrons. The molecule has 0 spiro atoms. The molecule has 1 aromatic heterocycles. The zero-order valence-corrected chi connectivity index (χ0v) is 10.9. The summed E-state index contributed by atoms with van der Waals surface area (Å²) < 4.78 is 13.5. The lowest BCUT2D eigenvalue weighted by Gasteiger charge is -2.13. The van der Waals surface area contributed by atoms with Crippen molar-refractivity contribution in [1.29, 1.82) is 0 Å². The first kappa shape index (κ1) is 12.6. The van der Waals surface area contributed by atoms with E-state index in [1.165, 1.54) is 12.1 Å². The van der Waals surface area contributed by atoms with Gasteiger partial charge in [-0.1, -0.05) is 12.1 Å². The smallest absolute Gasteiger partial charge is 0.320 e. The third-order valence-electron chi connectivity index (χ3n) is 3.32. The maximum Gasteiger partial charge on any atom is 0.323 e. The number of aromatic nitrogens is 2. The summed E-state index contributed by atoms with van der Waals surface area (Å²) in [6, 6.07) is 9.74. The first-order chi connectivity index (χ1) is 9.52. The number of imidazole rings is 1. The summed E-state index contributed by atoms with van der Waals surface area (Å²) in [5, 5.41) is 0. The fourth-order valence-corrected chi connectivity index (χ4v) is 2.38. The number of H-pyrrole nitrogens is 2. The van der Waals surface area contributed by atoms with Gasteiger partial charge in [0.2, 0.25) is 0 Å². The molecule has 0 radical (unpaired) electrons. The Kier molecular flexibility index (Phi) is 2.91. The van der Waals surface area contributed by atoms with Gasteiger partial charge in [0.25, 0.3) is 0 Å². The minimum absolute atomic E-state index is 0.257. The summed E-state index contributed by atoms with van der Waals surface area (Å²) in [6.45, 7) is 1.83. The molecule has 1 atom stereocenters. The highest BCUT2D eigenvalue weighted by molar-refractivity contribution is 5.75. The van der Waals surface area contributed by atoms with Crippen molar-refractivity contribution in [3.05, 3.63) is 69.4 Å². The van der Waals surface area contributed by atoms with Gasteiger partial charge in [-0.15, -0.1) is 0 Å².